The van der Waals surface area contributed by atoms with E-state index in [-0.39, 0.29) is 29.4 Å². The van der Waals surface area contributed by atoms with Crippen molar-refractivity contribution in [2.75, 3.05) is 13.2 Å². The molecular formula is C21H22N2O5. The zero-order chi connectivity index (χ0) is 20.5. The van der Waals surface area contributed by atoms with Crippen LogP contribution in [0.5, 0.6) is 0 Å². The lowest BCUT2D eigenvalue weighted by atomic mass is 10.1. The van der Waals surface area contributed by atoms with Crippen molar-refractivity contribution in [3.63, 3.8) is 0 Å². The first-order chi connectivity index (χ1) is 13.4. The number of aryl methyl sites for hydroxylation is 1. The molecule has 0 radical (unpaired) electrons. The molecule has 0 saturated heterocycles. The number of carbonyl (C=O) groups is 4. The van der Waals surface area contributed by atoms with E-state index in [0.29, 0.717) is 12.1 Å². The molecule has 7 nitrogen and oxygen atoms in total. The minimum atomic E-state index is -0.654. The number of carbonyl (C=O) groups excluding carboxylic acids is 4. The monoisotopic (exact) mass is 382 g/mol. The van der Waals surface area contributed by atoms with Gasteiger partial charge in [-0.05, 0) is 42.7 Å². The van der Waals surface area contributed by atoms with Crippen molar-refractivity contribution < 1.29 is 23.9 Å². The van der Waals surface area contributed by atoms with Gasteiger partial charge in [-0.15, -0.1) is 0 Å². The van der Waals surface area contributed by atoms with Crippen LogP contribution < -0.4 is 11.1 Å². The number of primary amides is 1. The molecule has 2 rings (SSSR count). The molecule has 0 unspecified atom stereocenters. The minimum absolute atomic E-state index is 0.0562. The van der Waals surface area contributed by atoms with Crippen molar-refractivity contribution in [3.05, 3.63) is 70.8 Å². The second-order valence-electron chi connectivity index (χ2n) is 6.22. The number of esters is 1. The Kier molecular flexibility index (Phi) is 7.45. The molecule has 0 aliphatic rings. The maximum Gasteiger partial charge on any atom is 0.338 e. The third-order valence-corrected chi connectivity index (χ3v) is 4.03. The van der Waals surface area contributed by atoms with Gasteiger partial charge in [0.15, 0.2) is 12.4 Å². The van der Waals surface area contributed by atoms with Gasteiger partial charge >= 0.3 is 5.97 Å². The molecule has 0 saturated carbocycles. The van der Waals surface area contributed by atoms with Crippen molar-refractivity contribution in [3.8, 4) is 0 Å². The summed E-state index contributed by atoms with van der Waals surface area (Å²) in [6.07, 6.45) is 1.59. The summed E-state index contributed by atoms with van der Waals surface area (Å²) in [7, 11) is 0. The van der Waals surface area contributed by atoms with Crippen LogP contribution in [0.2, 0.25) is 0 Å². The highest BCUT2D eigenvalue weighted by Crippen LogP contribution is 2.09. The van der Waals surface area contributed by atoms with Crippen LogP contribution in [0.15, 0.2) is 48.5 Å². The number of hydrogen-bond acceptors (Lipinski definition) is 5. The number of amides is 2. The molecule has 146 valence electrons. The maximum absolute atomic E-state index is 12.2. The number of ketones is 1. The minimum Gasteiger partial charge on any atom is -0.454 e. The van der Waals surface area contributed by atoms with E-state index in [2.05, 4.69) is 5.32 Å². The number of rotatable bonds is 9. The molecule has 2 aromatic carbocycles. The summed E-state index contributed by atoms with van der Waals surface area (Å²) < 4.78 is 5.03. The number of hydrogen-bond donors (Lipinski definition) is 2. The van der Waals surface area contributed by atoms with E-state index in [1.54, 1.807) is 12.1 Å². The standard InChI is InChI=1S/C21H22N2O5/c1-14(24)23-12-2-3-15-4-6-16(7-5-15)19(25)13-28-21(27)18-10-8-17(9-11-18)20(22)26/h4-11H,2-3,12-13H2,1H3,(H2,22,26)(H,23,24). The number of benzene rings is 2. The fourth-order valence-corrected chi connectivity index (χ4v) is 2.48. The van der Waals surface area contributed by atoms with Crippen molar-refractivity contribution in [2.24, 2.45) is 5.73 Å². The maximum atomic E-state index is 12.2. The van der Waals surface area contributed by atoms with Gasteiger partial charge in [-0.3, -0.25) is 14.4 Å². The fraction of sp³-hybridized carbons (Fsp3) is 0.238. The van der Waals surface area contributed by atoms with Crippen LogP contribution in [0.4, 0.5) is 0 Å². The molecule has 2 aromatic rings. The van der Waals surface area contributed by atoms with Gasteiger partial charge in [0.1, 0.15) is 0 Å². The van der Waals surface area contributed by atoms with E-state index in [1.165, 1.54) is 31.2 Å². The molecule has 0 aliphatic heterocycles. The Morgan fingerprint density at radius 1 is 0.893 bits per heavy atom. The number of ether oxygens (including phenoxy) is 1. The summed E-state index contributed by atoms with van der Waals surface area (Å²) in [5.41, 5.74) is 7.15. The summed E-state index contributed by atoms with van der Waals surface area (Å²) in [6, 6.07) is 12.7. The van der Waals surface area contributed by atoms with Crippen molar-refractivity contribution in [1.29, 1.82) is 0 Å². The molecule has 2 amide bonds. The first-order valence-electron chi connectivity index (χ1n) is 8.80. The lowest BCUT2D eigenvalue weighted by Crippen LogP contribution is -2.21. The summed E-state index contributed by atoms with van der Waals surface area (Å²) in [4.78, 5) is 46.0. The Hall–Kier alpha value is -3.48. The Morgan fingerprint density at radius 3 is 2.04 bits per heavy atom. The summed E-state index contributed by atoms with van der Waals surface area (Å²) in [5.74, 6) is -1.61. The van der Waals surface area contributed by atoms with Gasteiger partial charge in [0.25, 0.3) is 0 Å². The van der Waals surface area contributed by atoms with E-state index < -0.39 is 11.9 Å². The van der Waals surface area contributed by atoms with E-state index in [4.69, 9.17) is 10.5 Å². The van der Waals surface area contributed by atoms with Crippen LogP contribution in [0, 0.1) is 0 Å². The average Bonchev–Trinajstić information content (AvgIpc) is 2.69. The highest BCUT2D eigenvalue weighted by molar-refractivity contribution is 5.99. The SMILES string of the molecule is CC(=O)NCCCc1ccc(C(=O)COC(=O)c2ccc(C(N)=O)cc2)cc1. The zero-order valence-corrected chi connectivity index (χ0v) is 15.6. The van der Waals surface area contributed by atoms with Crippen molar-refractivity contribution >= 4 is 23.6 Å². The van der Waals surface area contributed by atoms with Gasteiger partial charge in [0, 0.05) is 24.6 Å². The predicted octanol–water partition coefficient (Wildman–Crippen LogP) is 1.89. The normalized spacial score (nSPS) is 10.2. The van der Waals surface area contributed by atoms with Gasteiger partial charge in [-0.25, -0.2) is 4.79 Å². The molecule has 0 aliphatic carbocycles. The Balaban J connectivity index is 1.82. The molecule has 0 fully saturated rings. The summed E-state index contributed by atoms with van der Waals surface area (Å²) >= 11 is 0. The fourth-order valence-electron chi connectivity index (χ4n) is 2.48. The van der Waals surface area contributed by atoms with E-state index in [0.717, 1.165) is 18.4 Å². The second kappa shape index (κ2) is 10.0. The van der Waals surface area contributed by atoms with Gasteiger partial charge in [0.05, 0.1) is 5.56 Å². The third-order valence-electron chi connectivity index (χ3n) is 4.03. The average molecular weight is 382 g/mol. The van der Waals surface area contributed by atoms with Crippen LogP contribution >= 0.6 is 0 Å². The smallest absolute Gasteiger partial charge is 0.338 e. The van der Waals surface area contributed by atoms with E-state index in [1.807, 2.05) is 12.1 Å². The predicted molar refractivity (Wildman–Crippen MR) is 103 cm³/mol. The van der Waals surface area contributed by atoms with Crippen molar-refractivity contribution in [2.45, 2.75) is 19.8 Å². The first-order valence-corrected chi connectivity index (χ1v) is 8.80. The molecule has 28 heavy (non-hydrogen) atoms. The topological polar surface area (TPSA) is 116 Å². The third kappa shape index (κ3) is 6.35. The molecule has 0 atom stereocenters. The number of Topliss-reactive ketones (excluding diaryl/α,β-unsaturated/α-hetero) is 1. The van der Waals surface area contributed by atoms with Crippen molar-refractivity contribution in [1.82, 2.24) is 5.32 Å². The Bertz CT molecular complexity index is 857. The lowest BCUT2D eigenvalue weighted by Gasteiger charge is -2.06. The molecule has 0 bridgehead atoms. The second-order valence-corrected chi connectivity index (χ2v) is 6.22. The van der Waals surface area contributed by atoms with Crippen LogP contribution in [0.1, 0.15) is 50.0 Å². The Labute approximate surface area is 162 Å². The molecule has 0 aromatic heterocycles. The lowest BCUT2D eigenvalue weighted by molar-refractivity contribution is -0.118. The van der Waals surface area contributed by atoms with Gasteiger partial charge < -0.3 is 15.8 Å². The summed E-state index contributed by atoms with van der Waals surface area (Å²) in [5, 5.41) is 2.73. The number of nitrogens with one attached hydrogen (secondary N) is 1. The zero-order valence-electron chi connectivity index (χ0n) is 15.6. The number of nitrogens with two attached hydrogens (primary N) is 1. The quantitative estimate of drug-likeness (QED) is 0.390. The summed E-state index contributed by atoms with van der Waals surface area (Å²) in [6.45, 7) is 1.70. The van der Waals surface area contributed by atoms with Gasteiger partial charge in [0.2, 0.25) is 11.8 Å². The van der Waals surface area contributed by atoms with Gasteiger partial charge in [-0.1, -0.05) is 24.3 Å². The molecular weight excluding hydrogens is 360 g/mol. The van der Waals surface area contributed by atoms with E-state index in [9.17, 15) is 19.2 Å². The molecule has 3 N–H and O–H groups in total. The molecule has 0 spiro atoms. The van der Waals surface area contributed by atoms with E-state index >= 15 is 0 Å². The van der Waals surface area contributed by atoms with Crippen LogP contribution in [0.25, 0.3) is 0 Å². The highest BCUT2D eigenvalue weighted by Gasteiger charge is 2.12. The molecule has 7 heteroatoms. The van der Waals surface area contributed by atoms with Crippen LogP contribution in [-0.4, -0.2) is 36.7 Å². The van der Waals surface area contributed by atoms with Gasteiger partial charge in [-0.2, -0.15) is 0 Å². The largest absolute Gasteiger partial charge is 0.454 e. The first kappa shape index (κ1) is 20.8. The Morgan fingerprint density at radius 2 is 1.46 bits per heavy atom. The molecule has 0 heterocycles. The van der Waals surface area contributed by atoms with Crippen LogP contribution in [0.3, 0.4) is 0 Å². The van der Waals surface area contributed by atoms with Crippen LogP contribution in [-0.2, 0) is 16.0 Å². The highest BCUT2D eigenvalue weighted by atomic mass is 16.5.